The molecule has 0 rings (SSSR count). The van der Waals surface area contributed by atoms with Crippen LogP contribution in [0.2, 0.25) is 0 Å². The van der Waals surface area contributed by atoms with E-state index in [1.54, 1.807) is 0 Å². The molecule has 50 valence electrons. The molecule has 0 radical (unpaired) electrons. The zero-order valence-electron chi connectivity index (χ0n) is 5.37. The first-order valence-electron chi connectivity index (χ1n) is 2.33. The van der Waals surface area contributed by atoms with E-state index in [9.17, 15) is 4.79 Å². The largest absolute Gasteiger partial charge is 0.467 e. The monoisotopic (exact) mass is 130 g/mol. The lowest BCUT2D eigenvalue weighted by atomic mass is 10.7. The van der Waals surface area contributed by atoms with Crippen molar-refractivity contribution in [3.63, 3.8) is 0 Å². The van der Waals surface area contributed by atoms with Gasteiger partial charge < -0.3 is 4.74 Å². The first kappa shape index (κ1) is 7.78. The molecular weight excluding hydrogens is 122 g/mol. The molecule has 0 aliphatic heterocycles. The van der Waals surface area contributed by atoms with E-state index in [2.05, 4.69) is 19.9 Å². The first-order chi connectivity index (χ1) is 4.31. The summed E-state index contributed by atoms with van der Waals surface area (Å²) in [4.78, 5) is 13.5. The molecule has 0 heterocycles. The average molecular weight is 130 g/mol. The van der Waals surface area contributed by atoms with Crippen molar-refractivity contribution in [2.45, 2.75) is 0 Å². The molecule has 0 aromatic heterocycles. The van der Waals surface area contributed by atoms with E-state index in [1.807, 2.05) is 0 Å². The van der Waals surface area contributed by atoms with Crippen LogP contribution in [0, 0.1) is 0 Å². The summed E-state index contributed by atoms with van der Waals surface area (Å²) < 4.78 is 4.26. The molecule has 0 N–H and O–H groups in total. The van der Waals surface area contributed by atoms with Crippen molar-refractivity contribution in [3.05, 3.63) is 0 Å². The molecule has 5 nitrogen and oxygen atoms in total. The van der Waals surface area contributed by atoms with Gasteiger partial charge in [0.25, 0.3) is 0 Å². The Morgan fingerprint density at radius 1 is 1.78 bits per heavy atom. The molecule has 5 heteroatoms. The number of nitrogens with zero attached hydrogens (tertiary/aromatic N) is 3. The van der Waals surface area contributed by atoms with Gasteiger partial charge in [-0.1, -0.05) is 0 Å². The molecule has 0 unspecified atom stereocenters. The fourth-order valence-electron chi connectivity index (χ4n) is 0.217. The molecule has 9 heavy (non-hydrogen) atoms. The molecule has 0 spiro atoms. The third-order valence-electron chi connectivity index (χ3n) is 0.580. The summed E-state index contributed by atoms with van der Waals surface area (Å²) in [5.41, 5.74) is 0. The standard InChI is InChI=1S/C4H8N3O2/c1-5-7-6-3-4(8)9-2/h3H2,1-2H3/q+1. The predicted molar refractivity (Wildman–Crippen MR) is 29.8 cm³/mol. The Bertz CT molecular complexity index is 148. The Morgan fingerprint density at radius 2 is 2.44 bits per heavy atom. The van der Waals surface area contributed by atoms with Crippen LogP contribution in [0.3, 0.4) is 0 Å². The second-order valence-corrected chi connectivity index (χ2v) is 1.17. The third-order valence-corrected chi connectivity index (χ3v) is 0.580. The molecule has 0 fully saturated rings. The normalized spacial score (nSPS) is 7.33. The molecule has 0 atom stereocenters. The van der Waals surface area contributed by atoms with E-state index in [4.69, 9.17) is 0 Å². The van der Waals surface area contributed by atoms with E-state index in [0.717, 1.165) is 0 Å². The quantitative estimate of drug-likeness (QED) is 0.294. The minimum Gasteiger partial charge on any atom is -0.467 e. The van der Waals surface area contributed by atoms with E-state index < -0.39 is 5.97 Å². The van der Waals surface area contributed by atoms with Crippen LogP contribution >= 0.6 is 0 Å². The zero-order chi connectivity index (χ0) is 7.11. The summed E-state index contributed by atoms with van der Waals surface area (Å²) in [7, 11) is 2.77. The van der Waals surface area contributed by atoms with Crippen LogP contribution in [-0.4, -0.2) is 26.7 Å². The van der Waals surface area contributed by atoms with Crippen molar-refractivity contribution in [1.29, 1.82) is 0 Å². The highest BCUT2D eigenvalue weighted by Crippen LogP contribution is 1.71. The Labute approximate surface area is 52.5 Å². The van der Waals surface area contributed by atoms with Crippen molar-refractivity contribution in [1.82, 2.24) is 4.91 Å². The van der Waals surface area contributed by atoms with Gasteiger partial charge in [-0.05, 0) is 0 Å². The Balaban J connectivity index is 3.50. The molecular formula is C4H8N3O2+. The Morgan fingerprint density at radius 3 is 2.89 bits per heavy atom. The highest BCUT2D eigenvalue weighted by Gasteiger charge is 1.99. The number of methoxy groups -OCH3 is 1. The van der Waals surface area contributed by atoms with Gasteiger partial charge in [0.05, 0.1) is 7.11 Å². The summed E-state index contributed by atoms with van der Waals surface area (Å²) in [6.07, 6.45) is 0. The van der Waals surface area contributed by atoms with Crippen LogP contribution in [-0.2, 0) is 9.53 Å². The van der Waals surface area contributed by atoms with Gasteiger partial charge in [0.2, 0.25) is 11.5 Å². The highest BCUT2D eigenvalue weighted by atomic mass is 16.5. The van der Waals surface area contributed by atoms with Crippen molar-refractivity contribution < 1.29 is 9.53 Å². The van der Waals surface area contributed by atoms with Gasteiger partial charge in [-0.2, -0.15) is 0 Å². The molecule has 0 aromatic carbocycles. The SMILES string of the molecule is CN=[N+]=NCC(=O)OC. The lowest BCUT2D eigenvalue weighted by Crippen LogP contribution is -2.03. The number of ether oxygens (including phenoxy) is 1. The minimum absolute atomic E-state index is 0.0617. The molecule has 0 bridgehead atoms. The van der Waals surface area contributed by atoms with Gasteiger partial charge in [0, 0.05) is 0 Å². The van der Waals surface area contributed by atoms with Crippen LogP contribution < -0.4 is 4.91 Å². The van der Waals surface area contributed by atoms with Gasteiger partial charge in [0.15, 0.2) is 0 Å². The molecule has 0 aromatic rings. The number of carbonyl (C=O) groups is 1. The van der Waals surface area contributed by atoms with E-state index in [1.165, 1.54) is 14.2 Å². The number of rotatable bonds is 2. The molecule has 0 aliphatic carbocycles. The maximum atomic E-state index is 10.3. The predicted octanol–water partition coefficient (Wildman–Crippen LogP) is -0.239. The third kappa shape index (κ3) is 4.64. The number of hydrogen-bond donors (Lipinski definition) is 0. The van der Waals surface area contributed by atoms with Gasteiger partial charge in [0.1, 0.15) is 17.3 Å². The Kier molecular flexibility index (Phi) is 4.26. The van der Waals surface area contributed by atoms with Crippen molar-refractivity contribution in [2.75, 3.05) is 20.7 Å². The van der Waals surface area contributed by atoms with Gasteiger partial charge in [-0.25, -0.2) is 4.79 Å². The zero-order valence-corrected chi connectivity index (χ0v) is 5.37. The van der Waals surface area contributed by atoms with E-state index in [-0.39, 0.29) is 6.54 Å². The summed E-state index contributed by atoms with van der Waals surface area (Å²) in [5, 5.41) is 6.64. The van der Waals surface area contributed by atoms with Crippen LogP contribution in [0.15, 0.2) is 10.2 Å². The average Bonchev–Trinajstić information content (AvgIpc) is 1.89. The summed E-state index contributed by atoms with van der Waals surface area (Å²) in [6.45, 7) is -0.0617. The second kappa shape index (κ2) is 4.93. The van der Waals surface area contributed by atoms with Crippen molar-refractivity contribution >= 4 is 5.97 Å². The van der Waals surface area contributed by atoms with Crippen LogP contribution in [0.4, 0.5) is 0 Å². The van der Waals surface area contributed by atoms with Crippen LogP contribution in [0.5, 0.6) is 0 Å². The first-order valence-corrected chi connectivity index (χ1v) is 2.33. The smallest absolute Gasteiger partial charge is 0.335 e. The molecule has 0 aliphatic rings. The van der Waals surface area contributed by atoms with Gasteiger partial charge in [-0.15, -0.1) is 0 Å². The maximum Gasteiger partial charge on any atom is 0.335 e. The maximum absolute atomic E-state index is 10.3. The molecule has 0 saturated carbocycles. The molecule has 0 amide bonds. The fraction of sp³-hybridized carbons (Fsp3) is 0.750. The Hall–Kier alpha value is -1.22. The fourth-order valence-corrected chi connectivity index (χ4v) is 0.217. The molecule has 0 saturated heterocycles. The second-order valence-electron chi connectivity index (χ2n) is 1.17. The summed E-state index contributed by atoms with van der Waals surface area (Å²) in [6, 6.07) is 0. The van der Waals surface area contributed by atoms with Gasteiger partial charge >= 0.3 is 5.97 Å². The minimum atomic E-state index is -0.414. The van der Waals surface area contributed by atoms with Crippen LogP contribution in [0.1, 0.15) is 0 Å². The van der Waals surface area contributed by atoms with E-state index >= 15 is 0 Å². The number of esters is 1. The topological polar surface area (TPSA) is 65.1 Å². The van der Waals surface area contributed by atoms with E-state index in [0.29, 0.717) is 0 Å². The van der Waals surface area contributed by atoms with Gasteiger partial charge in [-0.3, -0.25) is 0 Å². The van der Waals surface area contributed by atoms with Crippen molar-refractivity contribution in [2.24, 2.45) is 10.2 Å². The lowest BCUT2D eigenvalue weighted by Gasteiger charge is -1.84. The summed E-state index contributed by atoms with van der Waals surface area (Å²) in [5.74, 6) is -0.414. The van der Waals surface area contributed by atoms with Crippen molar-refractivity contribution in [3.8, 4) is 0 Å². The number of carbonyl (C=O) groups excluding carboxylic acids is 1. The van der Waals surface area contributed by atoms with Crippen LogP contribution in [0.25, 0.3) is 0 Å². The highest BCUT2D eigenvalue weighted by molar-refractivity contribution is 5.71. The number of hydrogen-bond acceptors (Lipinski definition) is 4. The lowest BCUT2D eigenvalue weighted by molar-refractivity contribution is -0.138. The summed E-state index contributed by atoms with van der Waals surface area (Å²) >= 11 is 0.